The van der Waals surface area contributed by atoms with E-state index in [-0.39, 0.29) is 6.54 Å². The predicted molar refractivity (Wildman–Crippen MR) is 84.4 cm³/mol. The maximum atomic E-state index is 13.2. The van der Waals surface area contributed by atoms with Crippen LogP contribution in [0.3, 0.4) is 0 Å². The first-order valence-electron chi connectivity index (χ1n) is 7.31. The number of urea groups is 1. The number of halogens is 4. The lowest BCUT2D eigenvalue weighted by Gasteiger charge is -2.34. The average Bonchev–Trinajstić information content (AvgIpc) is 2.43. The molecule has 7 heteroatoms. The minimum Gasteiger partial charge on any atom is -0.337 e. The van der Waals surface area contributed by atoms with Crippen LogP contribution in [0.1, 0.15) is 13.3 Å². The highest BCUT2D eigenvalue weighted by atomic mass is 35.5. The van der Waals surface area contributed by atoms with E-state index in [2.05, 4.69) is 10.6 Å². The number of alkyl halides is 3. The number of allylic oxidation sites excluding steroid dienone is 1. The number of hydrogen-bond acceptors (Lipinski definition) is 1. The molecule has 0 saturated carbocycles. The van der Waals surface area contributed by atoms with Gasteiger partial charge >= 0.3 is 12.2 Å². The van der Waals surface area contributed by atoms with Crippen molar-refractivity contribution in [1.29, 1.82) is 0 Å². The van der Waals surface area contributed by atoms with E-state index in [0.29, 0.717) is 17.1 Å². The van der Waals surface area contributed by atoms with Gasteiger partial charge in [0, 0.05) is 23.2 Å². The monoisotopic (exact) mass is 346 g/mol. The van der Waals surface area contributed by atoms with Crippen molar-refractivity contribution < 1.29 is 18.0 Å². The summed E-state index contributed by atoms with van der Waals surface area (Å²) in [7, 11) is 0. The first kappa shape index (κ1) is 17.7. The molecule has 1 aliphatic rings. The molecule has 2 amide bonds. The van der Waals surface area contributed by atoms with Gasteiger partial charge in [-0.15, -0.1) is 0 Å². The minimum absolute atomic E-state index is 0.0720. The SMILES string of the molecule is CC1CC=CC(CNC(=O)Nc2cccc(Cl)c2)C1C(F)(F)F. The van der Waals surface area contributed by atoms with Gasteiger partial charge in [-0.3, -0.25) is 0 Å². The standard InChI is InChI=1S/C16H18ClF3N2O/c1-10-4-2-5-11(14(10)16(18,19)20)9-21-15(23)22-13-7-3-6-12(17)8-13/h2-3,5-8,10-11,14H,4,9H2,1H3,(H2,21,22,23). The van der Waals surface area contributed by atoms with E-state index in [4.69, 9.17) is 11.6 Å². The number of nitrogens with one attached hydrogen (secondary N) is 2. The van der Waals surface area contributed by atoms with E-state index in [9.17, 15) is 18.0 Å². The van der Waals surface area contributed by atoms with E-state index < -0.39 is 30.0 Å². The highest BCUT2D eigenvalue weighted by molar-refractivity contribution is 6.30. The zero-order valence-corrected chi connectivity index (χ0v) is 13.3. The summed E-state index contributed by atoms with van der Waals surface area (Å²) in [6.45, 7) is 1.51. The number of hydrogen-bond donors (Lipinski definition) is 2. The Balaban J connectivity index is 1.94. The van der Waals surface area contributed by atoms with Gasteiger partial charge in [-0.2, -0.15) is 13.2 Å². The van der Waals surface area contributed by atoms with Crippen LogP contribution in [-0.4, -0.2) is 18.8 Å². The zero-order valence-electron chi connectivity index (χ0n) is 12.5. The lowest BCUT2D eigenvalue weighted by molar-refractivity contribution is -0.198. The molecule has 1 aromatic rings. The van der Waals surface area contributed by atoms with Crippen LogP contribution in [-0.2, 0) is 0 Å². The first-order valence-corrected chi connectivity index (χ1v) is 7.69. The molecule has 0 heterocycles. The first-order chi connectivity index (χ1) is 10.8. The number of amides is 2. The normalized spacial score (nSPS) is 24.3. The Hall–Kier alpha value is -1.69. The Morgan fingerprint density at radius 3 is 2.78 bits per heavy atom. The molecule has 0 saturated heterocycles. The van der Waals surface area contributed by atoms with Crippen molar-refractivity contribution in [3.63, 3.8) is 0 Å². The van der Waals surface area contributed by atoms with Crippen LogP contribution >= 0.6 is 11.6 Å². The summed E-state index contributed by atoms with van der Waals surface area (Å²) in [6, 6.07) is 5.98. The number of rotatable bonds is 3. The second-order valence-corrected chi connectivity index (χ2v) is 6.15. The van der Waals surface area contributed by atoms with Crippen LogP contribution in [0.5, 0.6) is 0 Å². The molecule has 3 unspecified atom stereocenters. The minimum atomic E-state index is -4.28. The summed E-state index contributed by atoms with van der Waals surface area (Å²) in [5, 5.41) is 5.51. The summed E-state index contributed by atoms with van der Waals surface area (Å²) < 4.78 is 39.5. The van der Waals surface area contributed by atoms with Crippen LogP contribution in [0, 0.1) is 17.8 Å². The molecule has 0 bridgehead atoms. The molecule has 3 atom stereocenters. The fourth-order valence-corrected chi connectivity index (χ4v) is 3.06. The third-order valence-corrected chi connectivity index (χ3v) is 4.16. The van der Waals surface area contributed by atoms with Gasteiger partial charge in [-0.25, -0.2) is 4.79 Å². The topological polar surface area (TPSA) is 41.1 Å². The number of benzene rings is 1. The van der Waals surface area contributed by atoms with Gasteiger partial charge in [0.1, 0.15) is 0 Å². The maximum Gasteiger partial charge on any atom is 0.392 e. The van der Waals surface area contributed by atoms with Crippen LogP contribution in [0.4, 0.5) is 23.7 Å². The van der Waals surface area contributed by atoms with Crippen molar-refractivity contribution in [3.05, 3.63) is 41.4 Å². The van der Waals surface area contributed by atoms with Crippen molar-refractivity contribution >= 4 is 23.3 Å². The molecule has 126 valence electrons. The molecule has 2 rings (SSSR count). The van der Waals surface area contributed by atoms with Gasteiger partial charge in [-0.05, 0) is 30.5 Å². The van der Waals surface area contributed by atoms with Gasteiger partial charge in [-0.1, -0.05) is 36.7 Å². The Bertz CT molecular complexity index is 589. The van der Waals surface area contributed by atoms with Crippen molar-refractivity contribution in [1.82, 2.24) is 5.32 Å². The van der Waals surface area contributed by atoms with E-state index in [0.717, 1.165) is 0 Å². The molecule has 3 nitrogen and oxygen atoms in total. The van der Waals surface area contributed by atoms with Crippen molar-refractivity contribution in [2.75, 3.05) is 11.9 Å². The summed E-state index contributed by atoms with van der Waals surface area (Å²) in [5.41, 5.74) is 0.481. The number of carbonyl (C=O) groups is 1. The van der Waals surface area contributed by atoms with E-state index in [1.165, 1.54) is 6.08 Å². The van der Waals surface area contributed by atoms with Crippen molar-refractivity contribution in [2.45, 2.75) is 19.5 Å². The van der Waals surface area contributed by atoms with Crippen molar-refractivity contribution in [3.8, 4) is 0 Å². The van der Waals surface area contributed by atoms with Gasteiger partial charge in [0.05, 0.1) is 5.92 Å². The molecule has 2 N–H and O–H groups in total. The van der Waals surface area contributed by atoms with Gasteiger partial charge in [0.15, 0.2) is 0 Å². The number of carbonyl (C=O) groups excluding carboxylic acids is 1. The Kier molecular flexibility index (Phi) is 5.57. The summed E-state index contributed by atoms with van der Waals surface area (Å²) in [6.07, 6.45) is -0.596. The average molecular weight is 347 g/mol. The third kappa shape index (κ3) is 4.89. The molecule has 1 aliphatic carbocycles. The zero-order chi connectivity index (χ0) is 17.0. The van der Waals surface area contributed by atoms with Crippen LogP contribution in [0.15, 0.2) is 36.4 Å². The predicted octanol–water partition coefficient (Wildman–Crippen LogP) is 4.85. The highest BCUT2D eigenvalue weighted by Crippen LogP contribution is 2.41. The van der Waals surface area contributed by atoms with E-state index in [1.54, 1.807) is 37.3 Å². The summed E-state index contributed by atoms with van der Waals surface area (Å²) >= 11 is 5.81. The Morgan fingerprint density at radius 2 is 2.13 bits per heavy atom. The molecular weight excluding hydrogens is 329 g/mol. The summed E-state index contributed by atoms with van der Waals surface area (Å²) in [4.78, 5) is 11.8. The smallest absolute Gasteiger partial charge is 0.337 e. The van der Waals surface area contributed by atoms with Crippen LogP contribution in [0.25, 0.3) is 0 Å². The van der Waals surface area contributed by atoms with Crippen molar-refractivity contribution in [2.24, 2.45) is 17.8 Å². The molecule has 0 aromatic heterocycles. The second-order valence-electron chi connectivity index (χ2n) is 5.72. The van der Waals surface area contributed by atoms with Crippen LogP contribution < -0.4 is 10.6 Å². The molecular formula is C16H18ClF3N2O. The fourth-order valence-electron chi connectivity index (χ4n) is 2.87. The molecule has 0 spiro atoms. The third-order valence-electron chi connectivity index (χ3n) is 3.92. The largest absolute Gasteiger partial charge is 0.392 e. The molecule has 0 fully saturated rings. The Morgan fingerprint density at radius 1 is 1.39 bits per heavy atom. The highest BCUT2D eigenvalue weighted by Gasteiger charge is 2.47. The Labute approximate surface area is 137 Å². The second kappa shape index (κ2) is 7.25. The van der Waals surface area contributed by atoms with Gasteiger partial charge in [0.2, 0.25) is 0 Å². The fraction of sp³-hybridized carbons (Fsp3) is 0.438. The van der Waals surface area contributed by atoms with Crippen LogP contribution in [0.2, 0.25) is 5.02 Å². The lowest BCUT2D eigenvalue weighted by Crippen LogP contribution is -2.43. The lowest BCUT2D eigenvalue weighted by atomic mass is 9.76. The molecule has 23 heavy (non-hydrogen) atoms. The van der Waals surface area contributed by atoms with E-state index in [1.807, 2.05) is 0 Å². The number of anilines is 1. The molecule has 0 radical (unpaired) electrons. The molecule has 1 aromatic carbocycles. The molecule has 0 aliphatic heterocycles. The maximum absolute atomic E-state index is 13.2. The van der Waals surface area contributed by atoms with Gasteiger partial charge < -0.3 is 10.6 Å². The van der Waals surface area contributed by atoms with E-state index >= 15 is 0 Å². The van der Waals surface area contributed by atoms with Gasteiger partial charge in [0.25, 0.3) is 0 Å². The summed E-state index contributed by atoms with van der Waals surface area (Å²) in [5.74, 6) is -2.70. The quantitative estimate of drug-likeness (QED) is 0.754.